The number of azide groups is 1. The van der Waals surface area contributed by atoms with E-state index in [1.807, 2.05) is 23.9 Å². The summed E-state index contributed by atoms with van der Waals surface area (Å²) in [5, 5.41) is 7.62. The number of rotatable bonds is 4. The van der Waals surface area contributed by atoms with Gasteiger partial charge < -0.3 is 0 Å². The van der Waals surface area contributed by atoms with Gasteiger partial charge in [-0.15, -0.1) is 0 Å². The molecule has 5 nitrogen and oxygen atoms in total. The van der Waals surface area contributed by atoms with Crippen LogP contribution in [-0.2, 0) is 6.54 Å². The van der Waals surface area contributed by atoms with Gasteiger partial charge in [0.15, 0.2) is 0 Å². The number of aryl methyl sites for hydroxylation is 2. The molecule has 0 atom stereocenters. The van der Waals surface area contributed by atoms with Crippen molar-refractivity contribution in [2.45, 2.75) is 19.9 Å². The Kier molecular flexibility index (Phi) is 3.17. The molecule has 0 N–H and O–H groups in total. The summed E-state index contributed by atoms with van der Waals surface area (Å²) in [6, 6.07) is 1.95. The normalized spacial score (nSPS) is 9.42. The van der Waals surface area contributed by atoms with Crippen LogP contribution in [-0.4, -0.2) is 16.3 Å². The van der Waals surface area contributed by atoms with Crippen molar-refractivity contribution >= 4 is 0 Å². The van der Waals surface area contributed by atoms with Crippen LogP contribution in [0.25, 0.3) is 10.4 Å². The van der Waals surface area contributed by atoms with Crippen LogP contribution in [0.4, 0.5) is 0 Å². The van der Waals surface area contributed by atoms with E-state index in [4.69, 9.17) is 5.53 Å². The fourth-order valence-corrected chi connectivity index (χ4v) is 0.936. The lowest BCUT2D eigenvalue weighted by atomic mass is 10.4. The van der Waals surface area contributed by atoms with Crippen molar-refractivity contribution in [1.82, 2.24) is 9.78 Å². The summed E-state index contributed by atoms with van der Waals surface area (Å²) >= 11 is 0. The maximum Gasteiger partial charge on any atom is 0.0593 e. The Morgan fingerprint density at radius 1 is 1.75 bits per heavy atom. The third-order valence-electron chi connectivity index (χ3n) is 1.48. The van der Waals surface area contributed by atoms with Crippen LogP contribution in [0.2, 0.25) is 0 Å². The van der Waals surface area contributed by atoms with Crippen LogP contribution in [0.15, 0.2) is 17.4 Å². The van der Waals surface area contributed by atoms with Gasteiger partial charge in [-0.3, -0.25) is 4.68 Å². The van der Waals surface area contributed by atoms with Crippen molar-refractivity contribution in [2.75, 3.05) is 6.54 Å². The average Bonchev–Trinajstić information content (AvgIpc) is 2.45. The predicted octanol–water partition coefficient (Wildman–Crippen LogP) is 1.89. The first-order valence-electron chi connectivity index (χ1n) is 3.84. The minimum absolute atomic E-state index is 0.537. The Hall–Kier alpha value is -1.48. The third kappa shape index (κ3) is 2.64. The highest BCUT2D eigenvalue weighted by atomic mass is 15.3. The van der Waals surface area contributed by atoms with E-state index in [9.17, 15) is 0 Å². The van der Waals surface area contributed by atoms with E-state index in [2.05, 4.69) is 15.1 Å². The van der Waals surface area contributed by atoms with E-state index in [0.29, 0.717) is 6.54 Å². The summed E-state index contributed by atoms with van der Waals surface area (Å²) in [4.78, 5) is 2.67. The van der Waals surface area contributed by atoms with Crippen LogP contribution < -0.4 is 0 Å². The molecule has 0 spiro atoms. The fraction of sp³-hybridized carbons (Fsp3) is 0.571. The summed E-state index contributed by atoms with van der Waals surface area (Å²) in [6.07, 6.45) is 2.76. The van der Waals surface area contributed by atoms with Gasteiger partial charge in [0.1, 0.15) is 0 Å². The van der Waals surface area contributed by atoms with Crippen molar-refractivity contribution in [3.05, 3.63) is 28.4 Å². The van der Waals surface area contributed by atoms with Gasteiger partial charge in [0, 0.05) is 24.2 Å². The molecular formula is C7H11N5. The molecule has 0 unspecified atom stereocenters. The maximum atomic E-state index is 8.00. The van der Waals surface area contributed by atoms with E-state index < -0.39 is 0 Å². The lowest BCUT2D eigenvalue weighted by Crippen LogP contribution is -1.99. The van der Waals surface area contributed by atoms with Gasteiger partial charge in [-0.1, -0.05) is 5.11 Å². The minimum Gasteiger partial charge on any atom is -0.273 e. The second kappa shape index (κ2) is 4.41. The largest absolute Gasteiger partial charge is 0.273 e. The molecule has 5 heteroatoms. The molecule has 64 valence electrons. The molecule has 1 aromatic heterocycles. The maximum absolute atomic E-state index is 8.00. The van der Waals surface area contributed by atoms with Crippen molar-refractivity contribution in [3.63, 3.8) is 0 Å². The number of hydrogen-bond donors (Lipinski definition) is 0. The van der Waals surface area contributed by atoms with E-state index in [-0.39, 0.29) is 0 Å². The van der Waals surface area contributed by atoms with Crippen LogP contribution in [0, 0.1) is 6.92 Å². The highest BCUT2D eigenvalue weighted by Gasteiger charge is 1.91. The first-order valence-corrected chi connectivity index (χ1v) is 3.84. The zero-order valence-electron chi connectivity index (χ0n) is 7.01. The Bertz CT molecular complexity index is 284. The Labute approximate surface area is 70.6 Å². The molecule has 1 aromatic rings. The van der Waals surface area contributed by atoms with Crippen molar-refractivity contribution in [3.8, 4) is 0 Å². The van der Waals surface area contributed by atoms with Crippen LogP contribution in [0.1, 0.15) is 12.1 Å². The number of hydrogen-bond acceptors (Lipinski definition) is 2. The molecule has 0 bridgehead atoms. The number of aromatic nitrogens is 2. The summed E-state index contributed by atoms with van der Waals surface area (Å²) in [6.45, 7) is 3.30. The van der Waals surface area contributed by atoms with Gasteiger partial charge >= 0.3 is 0 Å². The predicted molar refractivity (Wildman–Crippen MR) is 45.6 cm³/mol. The molecule has 0 aliphatic carbocycles. The van der Waals surface area contributed by atoms with Gasteiger partial charge in [-0.2, -0.15) is 5.10 Å². The zero-order valence-corrected chi connectivity index (χ0v) is 7.01. The quantitative estimate of drug-likeness (QED) is 0.291. The zero-order chi connectivity index (χ0) is 8.81. The Morgan fingerprint density at radius 2 is 2.58 bits per heavy atom. The summed E-state index contributed by atoms with van der Waals surface area (Å²) < 4.78 is 1.85. The molecule has 0 saturated heterocycles. The van der Waals surface area contributed by atoms with Gasteiger partial charge in [0.2, 0.25) is 0 Å². The Morgan fingerprint density at radius 3 is 3.17 bits per heavy atom. The van der Waals surface area contributed by atoms with Crippen molar-refractivity contribution in [2.24, 2.45) is 5.11 Å². The highest BCUT2D eigenvalue weighted by molar-refractivity contribution is 4.94. The summed E-state index contributed by atoms with van der Waals surface area (Å²) in [5.41, 5.74) is 9.02. The molecule has 12 heavy (non-hydrogen) atoms. The number of nitrogens with zero attached hydrogens (tertiary/aromatic N) is 5. The molecule has 0 amide bonds. The molecule has 0 fully saturated rings. The van der Waals surface area contributed by atoms with E-state index >= 15 is 0 Å². The van der Waals surface area contributed by atoms with Gasteiger partial charge in [-0.25, -0.2) is 0 Å². The standard InChI is InChI=1S/C7H11N5/c1-7-3-6-12(10-7)5-2-4-9-11-8/h3,6H,2,4-5H2,1H3. The second-order valence-corrected chi connectivity index (χ2v) is 2.53. The SMILES string of the molecule is Cc1ccn(CCCN=[N+]=[N-])n1. The van der Waals surface area contributed by atoms with E-state index in [1.165, 1.54) is 0 Å². The Balaban J connectivity index is 2.28. The lowest BCUT2D eigenvalue weighted by molar-refractivity contribution is 0.580. The van der Waals surface area contributed by atoms with E-state index in [0.717, 1.165) is 18.7 Å². The first kappa shape index (κ1) is 8.62. The minimum atomic E-state index is 0.537. The van der Waals surface area contributed by atoms with Crippen molar-refractivity contribution < 1.29 is 0 Å². The smallest absolute Gasteiger partial charge is 0.0593 e. The topological polar surface area (TPSA) is 66.6 Å². The first-order chi connectivity index (χ1) is 5.83. The molecule has 0 aliphatic heterocycles. The molecule has 1 rings (SSSR count). The van der Waals surface area contributed by atoms with Gasteiger partial charge in [0.25, 0.3) is 0 Å². The lowest BCUT2D eigenvalue weighted by Gasteiger charge is -1.96. The summed E-state index contributed by atoms with van der Waals surface area (Å²) in [5.74, 6) is 0. The van der Waals surface area contributed by atoms with Gasteiger partial charge in [0.05, 0.1) is 5.69 Å². The monoisotopic (exact) mass is 165 g/mol. The van der Waals surface area contributed by atoms with Crippen LogP contribution in [0.5, 0.6) is 0 Å². The molecule has 0 aromatic carbocycles. The molecule has 1 heterocycles. The fourth-order valence-electron chi connectivity index (χ4n) is 0.936. The molecule has 0 radical (unpaired) electrons. The van der Waals surface area contributed by atoms with Gasteiger partial charge in [-0.05, 0) is 24.9 Å². The molecular weight excluding hydrogens is 154 g/mol. The highest BCUT2D eigenvalue weighted by Crippen LogP contribution is 1.94. The second-order valence-electron chi connectivity index (χ2n) is 2.53. The van der Waals surface area contributed by atoms with Crippen LogP contribution >= 0.6 is 0 Å². The molecule has 0 aliphatic rings. The average molecular weight is 165 g/mol. The van der Waals surface area contributed by atoms with Crippen molar-refractivity contribution in [1.29, 1.82) is 0 Å². The van der Waals surface area contributed by atoms with Crippen LogP contribution in [0.3, 0.4) is 0 Å². The molecule has 0 saturated carbocycles. The third-order valence-corrected chi connectivity index (χ3v) is 1.48. The van der Waals surface area contributed by atoms with E-state index in [1.54, 1.807) is 0 Å². The summed E-state index contributed by atoms with van der Waals surface area (Å²) in [7, 11) is 0.